The van der Waals surface area contributed by atoms with Crippen LogP contribution in [0.25, 0.3) is 5.82 Å². The highest BCUT2D eigenvalue weighted by molar-refractivity contribution is 5.94. The lowest BCUT2D eigenvalue weighted by Gasteiger charge is -2.32. The van der Waals surface area contributed by atoms with Crippen LogP contribution >= 0.6 is 0 Å². The van der Waals surface area contributed by atoms with E-state index in [9.17, 15) is 4.79 Å². The highest BCUT2D eigenvalue weighted by Gasteiger charge is 2.27. The Morgan fingerprint density at radius 3 is 2.59 bits per heavy atom. The highest BCUT2D eigenvalue weighted by Crippen LogP contribution is 2.26. The standard InChI is InChI=1S/C23H30N8O/c1-4-29(5-2)19-8-9-20(17(3)13-19)26-23(32)18-7-6-12-30(14-18)21-10-11-22(28-27-21)31-16-24-15-25-31/h8-11,13,15-16,18H,4-7,12,14H2,1-3H3,(H,26,32). The van der Waals surface area contributed by atoms with Crippen LogP contribution in [-0.2, 0) is 4.79 Å². The first-order valence-electron chi connectivity index (χ1n) is 11.2. The third-order valence-corrected chi connectivity index (χ3v) is 6.00. The van der Waals surface area contributed by atoms with Gasteiger partial charge in [0.1, 0.15) is 12.7 Å². The van der Waals surface area contributed by atoms with Crippen molar-refractivity contribution in [2.45, 2.75) is 33.6 Å². The SMILES string of the molecule is CCN(CC)c1ccc(NC(=O)C2CCCN(c3ccc(-n4cncn4)nn3)C2)c(C)c1. The van der Waals surface area contributed by atoms with Crippen molar-refractivity contribution in [1.82, 2.24) is 25.0 Å². The number of anilines is 3. The van der Waals surface area contributed by atoms with Gasteiger partial charge in [-0.1, -0.05) is 0 Å². The van der Waals surface area contributed by atoms with Crippen molar-refractivity contribution in [3.63, 3.8) is 0 Å². The number of hydrogen-bond donors (Lipinski definition) is 1. The summed E-state index contributed by atoms with van der Waals surface area (Å²) in [7, 11) is 0. The predicted molar refractivity (Wildman–Crippen MR) is 125 cm³/mol. The molecule has 4 rings (SSSR count). The Kier molecular flexibility index (Phi) is 6.63. The minimum Gasteiger partial charge on any atom is -0.372 e. The molecule has 1 N–H and O–H groups in total. The molecule has 168 valence electrons. The molecule has 0 aliphatic carbocycles. The van der Waals surface area contributed by atoms with Crippen molar-refractivity contribution < 1.29 is 4.79 Å². The first-order chi connectivity index (χ1) is 15.6. The number of nitrogens with one attached hydrogen (secondary N) is 1. The predicted octanol–water partition coefficient (Wildman–Crippen LogP) is 3.07. The second-order valence-corrected chi connectivity index (χ2v) is 8.04. The van der Waals surface area contributed by atoms with Crippen molar-refractivity contribution in [2.24, 2.45) is 5.92 Å². The summed E-state index contributed by atoms with van der Waals surface area (Å²) in [6.07, 6.45) is 4.84. The monoisotopic (exact) mass is 434 g/mol. The van der Waals surface area contributed by atoms with Crippen molar-refractivity contribution in [2.75, 3.05) is 41.3 Å². The summed E-state index contributed by atoms with van der Waals surface area (Å²) in [6.45, 7) is 9.75. The van der Waals surface area contributed by atoms with Gasteiger partial charge >= 0.3 is 0 Å². The van der Waals surface area contributed by atoms with Crippen LogP contribution < -0.4 is 15.1 Å². The molecule has 0 saturated carbocycles. The van der Waals surface area contributed by atoms with Gasteiger partial charge in [-0.2, -0.15) is 5.10 Å². The lowest BCUT2D eigenvalue weighted by Crippen LogP contribution is -2.41. The van der Waals surface area contributed by atoms with Gasteiger partial charge in [-0.15, -0.1) is 10.2 Å². The van der Waals surface area contributed by atoms with Crippen LogP contribution in [0.4, 0.5) is 17.2 Å². The number of aromatic nitrogens is 5. The fourth-order valence-corrected chi connectivity index (χ4v) is 4.14. The smallest absolute Gasteiger partial charge is 0.229 e. The van der Waals surface area contributed by atoms with Crippen molar-refractivity contribution >= 4 is 23.1 Å². The van der Waals surface area contributed by atoms with E-state index in [4.69, 9.17) is 0 Å². The van der Waals surface area contributed by atoms with Gasteiger partial charge in [0.2, 0.25) is 5.91 Å². The Morgan fingerprint density at radius 1 is 1.16 bits per heavy atom. The number of aryl methyl sites for hydroxylation is 1. The van der Waals surface area contributed by atoms with Gasteiger partial charge in [-0.05, 0) is 69.5 Å². The summed E-state index contributed by atoms with van der Waals surface area (Å²) in [6, 6.07) is 10.0. The molecule has 0 radical (unpaired) electrons. The third-order valence-electron chi connectivity index (χ3n) is 6.00. The first kappa shape index (κ1) is 21.7. The third kappa shape index (κ3) is 4.71. The molecule has 1 aromatic carbocycles. The van der Waals surface area contributed by atoms with E-state index in [1.807, 2.05) is 25.1 Å². The number of hydrogen-bond acceptors (Lipinski definition) is 7. The molecule has 3 heterocycles. The quantitative estimate of drug-likeness (QED) is 0.611. The van der Waals surface area contributed by atoms with Crippen molar-refractivity contribution in [1.29, 1.82) is 0 Å². The van der Waals surface area contributed by atoms with Crippen LogP contribution in [-0.4, -0.2) is 57.0 Å². The molecule has 1 amide bonds. The molecular formula is C23H30N8O. The molecule has 1 fully saturated rings. The Bertz CT molecular complexity index is 1030. The van der Waals surface area contributed by atoms with Gasteiger partial charge in [0, 0.05) is 37.6 Å². The van der Waals surface area contributed by atoms with E-state index in [1.165, 1.54) is 12.0 Å². The molecule has 1 aliphatic heterocycles. The van der Waals surface area contributed by atoms with Crippen LogP contribution in [0, 0.1) is 12.8 Å². The fourth-order valence-electron chi connectivity index (χ4n) is 4.14. The highest BCUT2D eigenvalue weighted by atomic mass is 16.1. The minimum atomic E-state index is -0.0950. The summed E-state index contributed by atoms with van der Waals surface area (Å²) in [4.78, 5) is 21.4. The largest absolute Gasteiger partial charge is 0.372 e. The van der Waals surface area contributed by atoms with Crippen LogP contribution in [0.2, 0.25) is 0 Å². The van der Waals surface area contributed by atoms with Gasteiger partial charge < -0.3 is 15.1 Å². The van der Waals surface area contributed by atoms with Gasteiger partial charge in [0.25, 0.3) is 0 Å². The molecule has 1 aliphatic rings. The van der Waals surface area contributed by atoms with E-state index in [2.05, 4.69) is 61.4 Å². The normalized spacial score (nSPS) is 16.1. The summed E-state index contributed by atoms with van der Waals surface area (Å²) >= 11 is 0. The van der Waals surface area contributed by atoms with E-state index >= 15 is 0 Å². The molecule has 1 saturated heterocycles. The Hall–Kier alpha value is -3.49. The van der Waals surface area contributed by atoms with Crippen LogP contribution in [0.3, 0.4) is 0 Å². The summed E-state index contributed by atoms with van der Waals surface area (Å²) < 4.78 is 1.57. The lowest BCUT2D eigenvalue weighted by atomic mass is 9.97. The Morgan fingerprint density at radius 2 is 1.94 bits per heavy atom. The summed E-state index contributed by atoms with van der Waals surface area (Å²) in [5, 5.41) is 15.8. The summed E-state index contributed by atoms with van der Waals surface area (Å²) in [5.41, 5.74) is 3.13. The zero-order valence-corrected chi connectivity index (χ0v) is 18.9. The molecule has 3 aromatic rings. The van der Waals surface area contributed by atoms with E-state index < -0.39 is 0 Å². The molecular weight excluding hydrogens is 404 g/mol. The van der Waals surface area contributed by atoms with E-state index in [0.717, 1.165) is 49.5 Å². The van der Waals surface area contributed by atoms with Gasteiger partial charge in [0.15, 0.2) is 11.6 Å². The topological polar surface area (TPSA) is 92.1 Å². The van der Waals surface area contributed by atoms with Crippen LogP contribution in [0.1, 0.15) is 32.3 Å². The van der Waals surface area contributed by atoms with E-state index in [-0.39, 0.29) is 11.8 Å². The number of amides is 1. The van der Waals surface area contributed by atoms with Crippen molar-refractivity contribution in [3.8, 4) is 5.82 Å². The molecule has 9 heteroatoms. The van der Waals surface area contributed by atoms with E-state index in [0.29, 0.717) is 12.4 Å². The van der Waals surface area contributed by atoms with Gasteiger partial charge in [-0.3, -0.25) is 4.79 Å². The second kappa shape index (κ2) is 9.76. The molecule has 1 unspecified atom stereocenters. The fraction of sp³-hybridized carbons (Fsp3) is 0.435. The number of piperidine rings is 1. The number of carbonyl (C=O) groups is 1. The van der Waals surface area contributed by atoms with Crippen molar-refractivity contribution in [3.05, 3.63) is 48.5 Å². The lowest BCUT2D eigenvalue weighted by molar-refractivity contribution is -0.120. The maximum absolute atomic E-state index is 13.0. The number of benzene rings is 1. The maximum Gasteiger partial charge on any atom is 0.229 e. The van der Waals surface area contributed by atoms with Gasteiger partial charge in [0.05, 0.1) is 5.92 Å². The average molecular weight is 435 g/mol. The molecule has 2 aromatic heterocycles. The number of carbonyl (C=O) groups excluding carboxylic acids is 1. The maximum atomic E-state index is 13.0. The summed E-state index contributed by atoms with van der Waals surface area (Å²) in [5.74, 6) is 1.34. The zero-order chi connectivity index (χ0) is 22.5. The molecule has 32 heavy (non-hydrogen) atoms. The van der Waals surface area contributed by atoms with E-state index in [1.54, 1.807) is 11.0 Å². The van der Waals surface area contributed by atoms with Crippen LogP contribution in [0.5, 0.6) is 0 Å². The molecule has 9 nitrogen and oxygen atoms in total. The molecule has 0 bridgehead atoms. The van der Waals surface area contributed by atoms with Gasteiger partial charge in [-0.25, -0.2) is 9.67 Å². The molecule has 0 spiro atoms. The second-order valence-electron chi connectivity index (χ2n) is 8.04. The zero-order valence-electron chi connectivity index (χ0n) is 18.9. The Balaban J connectivity index is 1.40. The number of nitrogens with zero attached hydrogens (tertiary/aromatic N) is 7. The average Bonchev–Trinajstić information content (AvgIpc) is 3.37. The van der Waals surface area contributed by atoms with Crippen LogP contribution in [0.15, 0.2) is 43.0 Å². The minimum absolute atomic E-state index is 0.0561. The number of rotatable bonds is 7. The first-order valence-corrected chi connectivity index (χ1v) is 11.2. The Labute approximate surface area is 188 Å². The molecule has 1 atom stereocenters.